The molecule has 0 atom stereocenters. The third kappa shape index (κ3) is 18.9. The standard InChI is InChI=1S/C17H16ClN5O2S2.C11H10N4OS2.C6H6ClNO.C4H8O.C4H9.CH4.Li/c1-25-10-4-7-19-14(18)13(10)17(24,11-5-8-20-15(22-11)26-2)12-6-9-21-16(23-12)27-3;1-17-10-12-5-3-7(14-10)9(16)8-4-6-13-11(15-8)18-2;1-9-5-2-3-8-6(7)4-5;1-2-4-5-3-1;1-3-4-2;;/h4-9,24H,1-3H3;3-6H,1-2H3;2-4H,1H3;1-4H2;1,3-4H2,2H3;1H4;/q;;;;-1;;+1. The third-order valence-electron chi connectivity index (χ3n) is 8.03. The first-order valence-corrected chi connectivity index (χ1v) is 24.7. The molecule has 1 aliphatic heterocycles. The van der Waals surface area contributed by atoms with E-state index in [0.29, 0.717) is 54.3 Å². The number of aliphatic hydroxyl groups is 1. The molecule has 344 valence electrons. The molecule has 0 unspecified atom stereocenters. The number of aromatic nitrogens is 10. The number of hydrogen-bond acceptors (Lipinski definition) is 19. The Bertz CT molecular complexity index is 2200. The van der Waals surface area contributed by atoms with Crippen LogP contribution in [0.15, 0.2) is 100 Å². The van der Waals surface area contributed by atoms with Crippen molar-refractivity contribution in [2.24, 2.45) is 0 Å². The largest absolute Gasteiger partial charge is 1.00 e. The van der Waals surface area contributed by atoms with Gasteiger partial charge in [-0.15, -0.1) is 0 Å². The minimum Gasteiger partial charge on any atom is -0.497 e. The van der Waals surface area contributed by atoms with E-state index in [9.17, 15) is 9.90 Å². The summed E-state index contributed by atoms with van der Waals surface area (Å²) in [6, 6.07) is 11.4. The van der Waals surface area contributed by atoms with Crippen molar-refractivity contribution in [1.82, 2.24) is 49.8 Å². The van der Waals surface area contributed by atoms with E-state index >= 15 is 0 Å². The maximum absolute atomic E-state index is 12.2. The fourth-order valence-corrected chi connectivity index (χ4v) is 6.74. The number of halogens is 2. The Morgan fingerprint density at radius 2 is 1.14 bits per heavy atom. The number of hydrogen-bond donors (Lipinski definition) is 1. The molecule has 1 N–H and O–H groups in total. The molecule has 0 aliphatic carbocycles. The van der Waals surface area contributed by atoms with E-state index in [-0.39, 0.29) is 42.8 Å². The van der Waals surface area contributed by atoms with E-state index in [2.05, 4.69) is 63.7 Å². The molecule has 0 spiro atoms. The quantitative estimate of drug-likeness (QED) is 0.0336. The van der Waals surface area contributed by atoms with E-state index in [1.54, 1.807) is 80.6 Å². The molecule has 1 saturated heterocycles. The van der Waals surface area contributed by atoms with Crippen LogP contribution in [0.1, 0.15) is 73.2 Å². The molecule has 0 saturated carbocycles. The Balaban J connectivity index is 0.000000475. The van der Waals surface area contributed by atoms with Crippen molar-refractivity contribution in [2.75, 3.05) is 52.5 Å². The van der Waals surface area contributed by atoms with Gasteiger partial charge in [-0.05, 0) is 74.3 Å². The average molecular weight is 996 g/mol. The van der Waals surface area contributed by atoms with Crippen molar-refractivity contribution in [3.63, 3.8) is 0 Å². The number of unbranched alkanes of at least 4 members (excludes halogenated alkanes) is 1. The van der Waals surface area contributed by atoms with Gasteiger partial charge in [-0.3, -0.25) is 4.79 Å². The molecule has 15 nitrogen and oxygen atoms in total. The van der Waals surface area contributed by atoms with Crippen molar-refractivity contribution < 1.29 is 43.0 Å². The molecule has 0 aromatic carbocycles. The average Bonchev–Trinajstić information content (AvgIpc) is 3.95. The topological polar surface area (TPSA) is 194 Å². The molecule has 1 aliphatic rings. The third-order valence-corrected chi connectivity index (χ3v) is 10.8. The van der Waals surface area contributed by atoms with Crippen molar-refractivity contribution in [2.45, 2.75) is 66.3 Å². The molecular formula is C43H53Cl2LiN10O5S4. The van der Waals surface area contributed by atoms with Gasteiger partial charge >= 0.3 is 18.9 Å². The van der Waals surface area contributed by atoms with Crippen LogP contribution in [0.4, 0.5) is 0 Å². The number of thioether (sulfide) groups is 4. The van der Waals surface area contributed by atoms with Crippen molar-refractivity contribution in [3.8, 4) is 11.5 Å². The summed E-state index contributed by atoms with van der Waals surface area (Å²) in [6.45, 7) is 7.72. The first-order valence-electron chi connectivity index (χ1n) is 19.0. The van der Waals surface area contributed by atoms with E-state index in [0.717, 1.165) is 25.4 Å². The van der Waals surface area contributed by atoms with Crippen LogP contribution in [0, 0.1) is 6.92 Å². The Labute approximate surface area is 421 Å². The monoisotopic (exact) mass is 994 g/mol. The number of pyridine rings is 2. The van der Waals surface area contributed by atoms with Crippen LogP contribution in [0.2, 0.25) is 10.3 Å². The zero-order valence-corrected chi connectivity index (χ0v) is 41.7. The minimum absolute atomic E-state index is 0. The molecule has 0 amide bonds. The smallest absolute Gasteiger partial charge is 0.497 e. The summed E-state index contributed by atoms with van der Waals surface area (Å²) in [4.78, 5) is 53.8. The SMILES string of the molecule is C.C1CCOC1.COc1ccnc(Cl)c1.COc1ccnc(Cl)c1C(O)(c1ccnc(SC)n1)c1ccnc(SC)n1.CSc1nccc(C(=O)c2ccnc(SC)n2)n1.[CH2-]CCC.[Li+]. The minimum atomic E-state index is -1.81. The number of nitrogens with zero attached hydrogens (tertiary/aromatic N) is 10. The number of carbonyl (C=O) groups is 1. The second-order valence-electron chi connectivity index (χ2n) is 12.1. The van der Waals surface area contributed by atoms with Gasteiger partial charge in [-0.1, -0.05) is 91.0 Å². The van der Waals surface area contributed by atoms with Crippen LogP contribution < -0.4 is 28.3 Å². The predicted octanol–water partition coefficient (Wildman–Crippen LogP) is 6.79. The summed E-state index contributed by atoms with van der Waals surface area (Å²) in [7, 11) is 3.09. The van der Waals surface area contributed by atoms with Crippen LogP contribution in [0.3, 0.4) is 0 Å². The number of ketones is 1. The summed E-state index contributed by atoms with van der Waals surface area (Å²) >= 11 is 17.4. The summed E-state index contributed by atoms with van der Waals surface area (Å²) < 4.78 is 15.3. The first kappa shape index (κ1) is 59.4. The van der Waals surface area contributed by atoms with Gasteiger partial charge < -0.3 is 26.2 Å². The fourth-order valence-electron chi connectivity index (χ4n) is 4.87. The van der Waals surface area contributed by atoms with Gasteiger partial charge in [0.1, 0.15) is 33.2 Å². The van der Waals surface area contributed by atoms with Gasteiger partial charge in [0.25, 0.3) is 0 Å². The van der Waals surface area contributed by atoms with Crippen molar-refractivity contribution in [1.29, 1.82) is 0 Å². The normalized spacial score (nSPS) is 11.2. The molecule has 65 heavy (non-hydrogen) atoms. The zero-order chi connectivity index (χ0) is 46.0. The van der Waals surface area contributed by atoms with Crippen LogP contribution in [-0.2, 0) is 10.3 Å². The van der Waals surface area contributed by atoms with E-state index in [1.165, 1.54) is 79.6 Å². The Kier molecular flexibility index (Phi) is 30.1. The molecular weight excluding hydrogens is 943 g/mol. The van der Waals surface area contributed by atoms with Crippen LogP contribution in [-0.4, -0.2) is 113 Å². The Morgan fingerprint density at radius 3 is 1.51 bits per heavy atom. The summed E-state index contributed by atoms with van der Waals surface area (Å²) in [5.74, 6) is 0.881. The van der Waals surface area contributed by atoms with Gasteiger partial charge in [0.2, 0.25) is 5.78 Å². The number of carbonyl (C=O) groups excluding carboxylic acids is 1. The molecule has 6 aromatic rings. The maximum Gasteiger partial charge on any atom is 1.00 e. The molecule has 22 heteroatoms. The van der Waals surface area contributed by atoms with Gasteiger partial charge in [0, 0.05) is 56.5 Å². The predicted molar refractivity (Wildman–Crippen MR) is 259 cm³/mol. The molecule has 0 bridgehead atoms. The van der Waals surface area contributed by atoms with Crippen LogP contribution >= 0.6 is 70.2 Å². The Hall–Kier alpha value is -3.61. The van der Waals surface area contributed by atoms with E-state index in [1.807, 2.05) is 25.0 Å². The van der Waals surface area contributed by atoms with Crippen LogP contribution in [0.5, 0.6) is 11.5 Å². The molecule has 7 rings (SSSR count). The second-order valence-corrected chi connectivity index (χ2v) is 16.0. The first-order chi connectivity index (χ1) is 30.5. The van der Waals surface area contributed by atoms with Crippen LogP contribution in [0.25, 0.3) is 0 Å². The zero-order valence-electron chi connectivity index (χ0n) is 36.9. The van der Waals surface area contributed by atoms with E-state index in [4.69, 9.17) is 37.4 Å². The number of ether oxygens (including phenoxy) is 3. The van der Waals surface area contributed by atoms with Gasteiger partial charge in [-0.25, -0.2) is 49.8 Å². The molecule has 0 radical (unpaired) electrons. The Morgan fingerprint density at radius 1 is 0.708 bits per heavy atom. The second kappa shape index (κ2) is 33.0. The van der Waals surface area contributed by atoms with Gasteiger partial charge in [-0.2, -0.15) is 6.42 Å². The summed E-state index contributed by atoms with van der Waals surface area (Å²) in [6.07, 6.45) is 21.7. The fraction of sp³-hybridized carbons (Fsp3) is 0.349. The number of rotatable bonds is 12. The van der Waals surface area contributed by atoms with Gasteiger partial charge in [0.15, 0.2) is 26.2 Å². The number of methoxy groups -OCH3 is 2. The summed E-state index contributed by atoms with van der Waals surface area (Å²) in [5.41, 5.74) is -0.246. The van der Waals surface area contributed by atoms with E-state index < -0.39 is 5.60 Å². The summed E-state index contributed by atoms with van der Waals surface area (Å²) in [5, 5.41) is 14.6. The van der Waals surface area contributed by atoms with Gasteiger partial charge in [0.05, 0.1) is 31.2 Å². The maximum atomic E-state index is 12.2. The molecule has 1 fully saturated rings. The molecule has 6 aromatic heterocycles. The van der Waals surface area contributed by atoms with Crippen molar-refractivity contribution in [3.05, 3.63) is 125 Å². The molecule has 7 heterocycles. The van der Waals surface area contributed by atoms with Crippen molar-refractivity contribution >= 4 is 76.0 Å².